The predicted molar refractivity (Wildman–Crippen MR) is 65.5 cm³/mol. The van der Waals surface area contributed by atoms with E-state index in [1.165, 1.54) is 5.56 Å². The third-order valence-electron chi connectivity index (χ3n) is 3.39. The van der Waals surface area contributed by atoms with Gasteiger partial charge in [0.2, 0.25) is 0 Å². The topological polar surface area (TPSA) is 26.0 Å². The van der Waals surface area contributed by atoms with E-state index in [0.29, 0.717) is 0 Å². The Kier molecular flexibility index (Phi) is 3.94. The van der Waals surface area contributed by atoms with Crippen LogP contribution in [0.5, 0.6) is 0 Å². The molecule has 1 heteroatoms. The van der Waals surface area contributed by atoms with Crippen LogP contribution in [0.4, 0.5) is 0 Å². The molecule has 1 atom stereocenters. The van der Waals surface area contributed by atoms with Gasteiger partial charge in [0.1, 0.15) is 0 Å². The summed E-state index contributed by atoms with van der Waals surface area (Å²) in [6, 6.07) is 10.1. The maximum atomic E-state index is 6.07. The fraction of sp³-hybridized carbons (Fsp3) is 0.429. The molecular weight excluding hydrogens is 182 g/mol. The van der Waals surface area contributed by atoms with Gasteiger partial charge in [0.05, 0.1) is 6.04 Å². The highest BCUT2D eigenvalue weighted by Crippen LogP contribution is 2.33. The molecule has 80 valence electrons. The van der Waals surface area contributed by atoms with E-state index < -0.39 is 0 Å². The molecule has 0 saturated heterocycles. The van der Waals surface area contributed by atoms with Crippen LogP contribution in [0.3, 0.4) is 0 Å². The minimum Gasteiger partial charge on any atom is -0.317 e. The maximum Gasteiger partial charge on any atom is 0.0759 e. The quantitative estimate of drug-likeness (QED) is 0.745. The molecular formula is C14H19N. The first-order chi connectivity index (χ1) is 7.21. The SMILES string of the molecule is C#CC(N)C(CC)(CC)c1ccccc1. The zero-order chi connectivity index (χ0) is 11.3. The van der Waals surface area contributed by atoms with E-state index in [9.17, 15) is 0 Å². The van der Waals surface area contributed by atoms with E-state index in [0.717, 1.165) is 12.8 Å². The van der Waals surface area contributed by atoms with Crippen molar-refractivity contribution >= 4 is 0 Å². The van der Waals surface area contributed by atoms with Crippen LogP contribution in [-0.2, 0) is 5.41 Å². The lowest BCUT2D eigenvalue weighted by molar-refractivity contribution is 0.363. The van der Waals surface area contributed by atoms with Gasteiger partial charge in [0, 0.05) is 5.41 Å². The van der Waals surface area contributed by atoms with Crippen LogP contribution in [0, 0.1) is 12.3 Å². The van der Waals surface area contributed by atoms with Crippen molar-refractivity contribution in [3.8, 4) is 12.3 Å². The molecule has 0 aromatic heterocycles. The number of rotatable bonds is 4. The van der Waals surface area contributed by atoms with Crippen molar-refractivity contribution in [2.24, 2.45) is 5.73 Å². The third-order valence-corrected chi connectivity index (χ3v) is 3.39. The molecule has 2 N–H and O–H groups in total. The summed E-state index contributed by atoms with van der Waals surface area (Å²) in [6.45, 7) is 4.29. The molecule has 0 amide bonds. The van der Waals surface area contributed by atoms with Gasteiger partial charge >= 0.3 is 0 Å². The summed E-state index contributed by atoms with van der Waals surface area (Å²) >= 11 is 0. The summed E-state index contributed by atoms with van der Waals surface area (Å²) < 4.78 is 0. The Morgan fingerprint density at radius 2 is 1.80 bits per heavy atom. The summed E-state index contributed by atoms with van der Waals surface area (Å²) in [5.74, 6) is 2.68. The monoisotopic (exact) mass is 201 g/mol. The molecule has 1 aromatic carbocycles. The second-order valence-electron chi connectivity index (χ2n) is 3.87. The van der Waals surface area contributed by atoms with Crippen LogP contribution in [0.2, 0.25) is 0 Å². The van der Waals surface area contributed by atoms with Crippen molar-refractivity contribution in [2.75, 3.05) is 0 Å². The van der Waals surface area contributed by atoms with Crippen molar-refractivity contribution in [2.45, 2.75) is 38.1 Å². The standard InChI is InChI=1S/C14H19N/c1-4-13(15)14(5-2,6-3)12-10-8-7-9-11-12/h1,7-11,13H,5-6,15H2,2-3H3. The maximum absolute atomic E-state index is 6.07. The first-order valence-electron chi connectivity index (χ1n) is 5.48. The molecule has 1 aromatic rings. The van der Waals surface area contributed by atoms with E-state index in [1.807, 2.05) is 18.2 Å². The van der Waals surface area contributed by atoms with Gasteiger partial charge in [-0.15, -0.1) is 6.42 Å². The lowest BCUT2D eigenvalue weighted by Gasteiger charge is -2.35. The number of hydrogen-bond acceptors (Lipinski definition) is 1. The van der Waals surface area contributed by atoms with Gasteiger partial charge in [0.25, 0.3) is 0 Å². The predicted octanol–water partition coefficient (Wildman–Crippen LogP) is 2.70. The van der Waals surface area contributed by atoms with Gasteiger partial charge < -0.3 is 5.73 Å². The van der Waals surface area contributed by atoms with Gasteiger partial charge in [-0.2, -0.15) is 0 Å². The number of benzene rings is 1. The van der Waals surface area contributed by atoms with E-state index >= 15 is 0 Å². The molecule has 1 unspecified atom stereocenters. The molecule has 15 heavy (non-hydrogen) atoms. The number of terminal acetylenes is 1. The van der Waals surface area contributed by atoms with Crippen LogP contribution < -0.4 is 5.73 Å². The van der Waals surface area contributed by atoms with Gasteiger partial charge in [-0.3, -0.25) is 0 Å². The second kappa shape index (κ2) is 5.00. The lowest BCUT2D eigenvalue weighted by Crippen LogP contribution is -2.43. The number of nitrogens with two attached hydrogens (primary N) is 1. The van der Waals surface area contributed by atoms with E-state index in [4.69, 9.17) is 12.2 Å². The molecule has 0 spiro atoms. The van der Waals surface area contributed by atoms with Gasteiger partial charge in [-0.05, 0) is 18.4 Å². The van der Waals surface area contributed by atoms with Crippen LogP contribution in [-0.4, -0.2) is 6.04 Å². The van der Waals surface area contributed by atoms with Crippen molar-refractivity contribution in [1.82, 2.24) is 0 Å². The Balaban J connectivity index is 3.18. The Morgan fingerprint density at radius 3 is 2.20 bits per heavy atom. The molecule has 0 fully saturated rings. The van der Waals surface area contributed by atoms with Gasteiger partial charge in [-0.25, -0.2) is 0 Å². The molecule has 0 heterocycles. The third kappa shape index (κ3) is 2.06. The summed E-state index contributed by atoms with van der Waals surface area (Å²) in [5.41, 5.74) is 7.25. The molecule has 0 bridgehead atoms. The average Bonchev–Trinajstić information content (AvgIpc) is 2.32. The fourth-order valence-electron chi connectivity index (χ4n) is 2.21. The molecule has 0 aliphatic rings. The van der Waals surface area contributed by atoms with Crippen LogP contribution in [0.25, 0.3) is 0 Å². The Bertz CT molecular complexity index is 330. The highest BCUT2D eigenvalue weighted by atomic mass is 14.7. The number of hydrogen-bond donors (Lipinski definition) is 1. The summed E-state index contributed by atoms with van der Waals surface area (Å²) in [6.07, 6.45) is 7.41. The molecule has 0 aliphatic carbocycles. The van der Waals surface area contributed by atoms with Crippen LogP contribution >= 0.6 is 0 Å². The van der Waals surface area contributed by atoms with Gasteiger partial charge in [-0.1, -0.05) is 50.1 Å². The van der Waals surface area contributed by atoms with Crippen molar-refractivity contribution in [3.05, 3.63) is 35.9 Å². The minimum atomic E-state index is -0.213. The molecule has 0 radical (unpaired) electrons. The minimum absolute atomic E-state index is 0.0734. The smallest absolute Gasteiger partial charge is 0.0759 e. The van der Waals surface area contributed by atoms with Crippen molar-refractivity contribution in [1.29, 1.82) is 0 Å². The highest BCUT2D eigenvalue weighted by Gasteiger charge is 2.33. The van der Waals surface area contributed by atoms with Crippen LogP contribution in [0.15, 0.2) is 30.3 Å². The van der Waals surface area contributed by atoms with Crippen molar-refractivity contribution in [3.63, 3.8) is 0 Å². The largest absolute Gasteiger partial charge is 0.317 e. The van der Waals surface area contributed by atoms with Gasteiger partial charge in [0.15, 0.2) is 0 Å². The molecule has 1 rings (SSSR count). The summed E-state index contributed by atoms with van der Waals surface area (Å²) in [4.78, 5) is 0. The molecule has 0 saturated carbocycles. The average molecular weight is 201 g/mol. The lowest BCUT2D eigenvalue weighted by atomic mass is 9.71. The van der Waals surface area contributed by atoms with E-state index in [2.05, 4.69) is 31.9 Å². The summed E-state index contributed by atoms with van der Waals surface area (Å²) in [7, 11) is 0. The summed E-state index contributed by atoms with van der Waals surface area (Å²) in [5, 5.41) is 0. The zero-order valence-electron chi connectivity index (χ0n) is 9.53. The van der Waals surface area contributed by atoms with Crippen molar-refractivity contribution < 1.29 is 0 Å². The fourth-order valence-corrected chi connectivity index (χ4v) is 2.21. The Hall–Kier alpha value is -1.26. The van der Waals surface area contributed by atoms with Crippen LogP contribution in [0.1, 0.15) is 32.3 Å². The molecule has 1 nitrogen and oxygen atoms in total. The highest BCUT2D eigenvalue weighted by molar-refractivity contribution is 5.31. The normalized spacial score (nSPS) is 13.2. The van der Waals surface area contributed by atoms with E-state index in [-0.39, 0.29) is 11.5 Å². The first-order valence-corrected chi connectivity index (χ1v) is 5.48. The zero-order valence-corrected chi connectivity index (χ0v) is 9.53. The Morgan fingerprint density at radius 1 is 1.27 bits per heavy atom. The Labute approximate surface area is 92.7 Å². The van der Waals surface area contributed by atoms with E-state index in [1.54, 1.807) is 0 Å². The second-order valence-corrected chi connectivity index (χ2v) is 3.87. The molecule has 0 aliphatic heterocycles. The first kappa shape index (κ1) is 11.8.